The summed E-state index contributed by atoms with van der Waals surface area (Å²) in [5.74, 6) is 0.924. The van der Waals surface area contributed by atoms with E-state index in [1.807, 2.05) is 18.2 Å². The van der Waals surface area contributed by atoms with Crippen molar-refractivity contribution < 1.29 is 4.74 Å². The quantitative estimate of drug-likeness (QED) is 0.868. The second kappa shape index (κ2) is 7.67. The van der Waals surface area contributed by atoms with Crippen LogP contribution in [0.15, 0.2) is 41.8 Å². The van der Waals surface area contributed by atoms with E-state index in [0.29, 0.717) is 6.61 Å². The van der Waals surface area contributed by atoms with Gasteiger partial charge in [0.1, 0.15) is 12.4 Å². The van der Waals surface area contributed by atoms with E-state index in [1.54, 1.807) is 11.3 Å². The topological polar surface area (TPSA) is 21.3 Å². The molecule has 1 heterocycles. The van der Waals surface area contributed by atoms with Gasteiger partial charge >= 0.3 is 0 Å². The Morgan fingerprint density at radius 3 is 2.35 bits per heavy atom. The summed E-state index contributed by atoms with van der Waals surface area (Å²) in [6.07, 6.45) is 0. The maximum absolute atomic E-state index is 5.74. The lowest BCUT2D eigenvalue weighted by Crippen LogP contribution is -2.34. The monoisotopic (exact) mass is 311 g/mol. The Balaban J connectivity index is 0.00000200. The van der Waals surface area contributed by atoms with Crippen LogP contribution in [-0.4, -0.2) is 5.54 Å². The third-order valence-electron chi connectivity index (χ3n) is 2.71. The van der Waals surface area contributed by atoms with Crippen LogP contribution in [-0.2, 0) is 13.2 Å². The third kappa shape index (κ3) is 5.95. The fraction of sp³-hybridized carbons (Fsp3) is 0.375. The summed E-state index contributed by atoms with van der Waals surface area (Å²) in [5, 5.41) is 5.54. The van der Waals surface area contributed by atoms with Crippen molar-refractivity contribution in [3.63, 3.8) is 0 Å². The first-order chi connectivity index (χ1) is 9.03. The largest absolute Gasteiger partial charge is 0.488 e. The molecule has 0 aliphatic carbocycles. The molecule has 2 aromatic rings. The SMILES string of the molecule is CC(C)(C)NCc1ccc(OCc2cccs2)cc1.Cl. The molecule has 1 aromatic heterocycles. The summed E-state index contributed by atoms with van der Waals surface area (Å²) in [4.78, 5) is 1.25. The van der Waals surface area contributed by atoms with Crippen LogP contribution in [0.2, 0.25) is 0 Å². The molecule has 0 amide bonds. The zero-order chi connectivity index (χ0) is 13.7. The Hall–Kier alpha value is -1.03. The van der Waals surface area contributed by atoms with Crippen LogP contribution < -0.4 is 10.1 Å². The highest BCUT2D eigenvalue weighted by Crippen LogP contribution is 2.16. The molecular weight excluding hydrogens is 290 g/mol. The van der Waals surface area contributed by atoms with Crippen molar-refractivity contribution in [2.24, 2.45) is 0 Å². The van der Waals surface area contributed by atoms with E-state index < -0.39 is 0 Å². The van der Waals surface area contributed by atoms with Crippen LogP contribution in [0.1, 0.15) is 31.2 Å². The molecule has 1 aromatic carbocycles. The van der Waals surface area contributed by atoms with E-state index in [9.17, 15) is 0 Å². The molecule has 0 spiro atoms. The van der Waals surface area contributed by atoms with Crippen molar-refractivity contribution in [2.75, 3.05) is 0 Å². The average molecular weight is 312 g/mol. The highest BCUT2D eigenvalue weighted by Gasteiger charge is 2.08. The van der Waals surface area contributed by atoms with E-state index in [4.69, 9.17) is 4.74 Å². The van der Waals surface area contributed by atoms with E-state index in [-0.39, 0.29) is 17.9 Å². The molecule has 0 unspecified atom stereocenters. The lowest BCUT2D eigenvalue weighted by molar-refractivity contribution is 0.309. The second-order valence-electron chi connectivity index (χ2n) is 5.62. The zero-order valence-electron chi connectivity index (χ0n) is 12.2. The molecule has 0 fully saturated rings. The van der Waals surface area contributed by atoms with Crippen molar-refractivity contribution in [1.82, 2.24) is 5.32 Å². The molecule has 0 radical (unpaired) electrons. The summed E-state index contributed by atoms with van der Waals surface area (Å²) in [7, 11) is 0. The minimum Gasteiger partial charge on any atom is -0.488 e. The molecule has 4 heteroatoms. The minimum atomic E-state index is 0. The zero-order valence-corrected chi connectivity index (χ0v) is 13.8. The Kier molecular flexibility index (Phi) is 6.53. The molecule has 0 saturated heterocycles. The lowest BCUT2D eigenvalue weighted by atomic mass is 10.1. The molecule has 0 aliphatic heterocycles. The Morgan fingerprint density at radius 2 is 1.80 bits per heavy atom. The van der Waals surface area contributed by atoms with Crippen LogP contribution in [0.5, 0.6) is 5.75 Å². The van der Waals surface area contributed by atoms with Gasteiger partial charge in [0.2, 0.25) is 0 Å². The van der Waals surface area contributed by atoms with E-state index in [2.05, 4.69) is 49.7 Å². The minimum absolute atomic E-state index is 0. The first-order valence-corrected chi connectivity index (χ1v) is 7.40. The van der Waals surface area contributed by atoms with Crippen LogP contribution in [0.3, 0.4) is 0 Å². The van der Waals surface area contributed by atoms with Crippen molar-refractivity contribution in [3.05, 3.63) is 52.2 Å². The molecule has 20 heavy (non-hydrogen) atoms. The number of thiophene rings is 1. The molecule has 1 N–H and O–H groups in total. The predicted molar refractivity (Wildman–Crippen MR) is 88.9 cm³/mol. The summed E-state index contributed by atoms with van der Waals surface area (Å²) in [6, 6.07) is 12.4. The average Bonchev–Trinajstić information content (AvgIpc) is 2.87. The van der Waals surface area contributed by atoms with E-state index in [0.717, 1.165) is 12.3 Å². The van der Waals surface area contributed by atoms with Gasteiger partial charge in [-0.05, 0) is 49.9 Å². The Morgan fingerprint density at radius 1 is 1.10 bits per heavy atom. The van der Waals surface area contributed by atoms with Gasteiger partial charge in [0.15, 0.2) is 0 Å². The van der Waals surface area contributed by atoms with Gasteiger partial charge in [-0.25, -0.2) is 0 Å². The number of hydrogen-bond donors (Lipinski definition) is 1. The van der Waals surface area contributed by atoms with Crippen molar-refractivity contribution in [2.45, 2.75) is 39.5 Å². The molecule has 110 valence electrons. The molecule has 2 nitrogen and oxygen atoms in total. The fourth-order valence-electron chi connectivity index (χ4n) is 1.62. The Bertz CT molecular complexity index is 488. The standard InChI is InChI=1S/C16H21NOS.ClH/c1-16(2,3)17-11-13-6-8-14(9-7-13)18-12-15-5-4-10-19-15;/h4-10,17H,11-12H2,1-3H3;1H. The first-order valence-electron chi connectivity index (χ1n) is 6.52. The first kappa shape index (κ1) is 17.0. The van der Waals surface area contributed by atoms with Crippen LogP contribution >= 0.6 is 23.7 Å². The molecule has 0 aliphatic rings. The smallest absolute Gasteiger partial charge is 0.122 e. The molecule has 0 bridgehead atoms. The normalized spacial score (nSPS) is 10.9. The van der Waals surface area contributed by atoms with E-state index in [1.165, 1.54) is 10.4 Å². The van der Waals surface area contributed by atoms with Crippen LogP contribution in [0.25, 0.3) is 0 Å². The van der Waals surface area contributed by atoms with Crippen LogP contribution in [0, 0.1) is 0 Å². The van der Waals surface area contributed by atoms with Crippen molar-refractivity contribution >= 4 is 23.7 Å². The fourth-order valence-corrected chi connectivity index (χ4v) is 2.24. The maximum atomic E-state index is 5.74. The van der Waals surface area contributed by atoms with Gasteiger partial charge in [0.05, 0.1) is 0 Å². The molecule has 0 saturated carbocycles. The van der Waals surface area contributed by atoms with Crippen molar-refractivity contribution in [3.8, 4) is 5.75 Å². The summed E-state index contributed by atoms with van der Waals surface area (Å²) in [5.41, 5.74) is 1.42. The second-order valence-corrected chi connectivity index (χ2v) is 6.65. The van der Waals surface area contributed by atoms with E-state index >= 15 is 0 Å². The maximum Gasteiger partial charge on any atom is 0.122 e. The lowest BCUT2D eigenvalue weighted by Gasteiger charge is -2.20. The van der Waals surface area contributed by atoms with Gasteiger partial charge in [-0.3, -0.25) is 0 Å². The van der Waals surface area contributed by atoms with Gasteiger partial charge < -0.3 is 10.1 Å². The highest BCUT2D eigenvalue weighted by molar-refractivity contribution is 7.09. The van der Waals surface area contributed by atoms with Gasteiger partial charge in [0.25, 0.3) is 0 Å². The Labute approximate surface area is 131 Å². The molecular formula is C16H22ClNOS. The summed E-state index contributed by atoms with van der Waals surface area (Å²) in [6.45, 7) is 8.05. The number of halogens is 1. The highest BCUT2D eigenvalue weighted by atomic mass is 35.5. The number of ether oxygens (including phenoxy) is 1. The molecule has 0 atom stereocenters. The predicted octanol–water partition coefficient (Wildman–Crippen LogP) is 4.64. The summed E-state index contributed by atoms with van der Waals surface area (Å²) >= 11 is 1.72. The molecule has 2 rings (SSSR count). The van der Waals surface area contributed by atoms with Gasteiger partial charge in [0, 0.05) is 17.0 Å². The van der Waals surface area contributed by atoms with Gasteiger partial charge in [-0.2, -0.15) is 0 Å². The van der Waals surface area contributed by atoms with Crippen molar-refractivity contribution in [1.29, 1.82) is 0 Å². The number of nitrogens with one attached hydrogen (secondary N) is 1. The van der Waals surface area contributed by atoms with Gasteiger partial charge in [-0.1, -0.05) is 18.2 Å². The number of hydrogen-bond acceptors (Lipinski definition) is 3. The summed E-state index contributed by atoms with van der Waals surface area (Å²) < 4.78 is 5.74. The van der Waals surface area contributed by atoms with Gasteiger partial charge in [-0.15, -0.1) is 23.7 Å². The third-order valence-corrected chi connectivity index (χ3v) is 3.56. The number of rotatable bonds is 5. The number of benzene rings is 1. The van der Waals surface area contributed by atoms with Crippen LogP contribution in [0.4, 0.5) is 0 Å².